The molecule has 2 aliphatic rings. The summed E-state index contributed by atoms with van der Waals surface area (Å²) >= 11 is 3.45. The van der Waals surface area contributed by atoms with Crippen molar-refractivity contribution >= 4 is 21.7 Å². The van der Waals surface area contributed by atoms with Crippen LogP contribution in [-0.4, -0.2) is 42.6 Å². The summed E-state index contributed by atoms with van der Waals surface area (Å²) in [5, 5.41) is 0.884. The minimum Gasteiger partial charge on any atom is -0.354 e. The topological polar surface area (TPSA) is 19.4 Å². The third-order valence-corrected chi connectivity index (χ3v) is 4.52. The first-order valence-electron chi connectivity index (χ1n) is 6.83. The van der Waals surface area contributed by atoms with Gasteiger partial charge in [-0.2, -0.15) is 0 Å². The number of hydrogen-bond donors (Lipinski definition) is 0. The van der Waals surface area contributed by atoms with Crippen LogP contribution in [0, 0.1) is 5.92 Å². The molecule has 2 fully saturated rings. The number of pyridine rings is 1. The van der Waals surface area contributed by atoms with E-state index in [1.54, 1.807) is 0 Å². The highest BCUT2D eigenvalue weighted by Crippen LogP contribution is 2.30. The first-order valence-corrected chi connectivity index (χ1v) is 7.95. The van der Waals surface area contributed by atoms with Crippen molar-refractivity contribution in [3.63, 3.8) is 0 Å². The van der Waals surface area contributed by atoms with Crippen molar-refractivity contribution < 1.29 is 0 Å². The predicted molar refractivity (Wildman–Crippen MR) is 78.2 cm³/mol. The number of anilines is 1. The average Bonchev–Trinajstić information content (AvgIpc) is 3.24. The summed E-state index contributed by atoms with van der Waals surface area (Å²) < 4.78 is 0. The number of hydrogen-bond acceptors (Lipinski definition) is 3. The number of piperazine rings is 1. The largest absolute Gasteiger partial charge is 0.354 e. The van der Waals surface area contributed by atoms with Crippen LogP contribution in [0.4, 0.5) is 5.82 Å². The quantitative estimate of drug-likeness (QED) is 0.797. The standard InChI is InChI=1S/C14H20BrN3/c15-9-13-3-4-14(16-10-13)18-7-5-17(6-8-18)11-12-1-2-12/h3-4,10,12H,1-2,5-9,11H2. The highest BCUT2D eigenvalue weighted by atomic mass is 79.9. The van der Waals surface area contributed by atoms with E-state index in [1.807, 2.05) is 6.20 Å². The van der Waals surface area contributed by atoms with Crippen molar-refractivity contribution in [3.8, 4) is 0 Å². The predicted octanol–water partition coefficient (Wildman–Crippen LogP) is 2.51. The number of rotatable bonds is 4. The van der Waals surface area contributed by atoms with Gasteiger partial charge in [-0.1, -0.05) is 22.0 Å². The fraction of sp³-hybridized carbons (Fsp3) is 0.643. The zero-order valence-electron chi connectivity index (χ0n) is 10.7. The summed E-state index contributed by atoms with van der Waals surface area (Å²) in [6.07, 6.45) is 4.88. The molecular formula is C14H20BrN3. The highest BCUT2D eigenvalue weighted by Gasteiger charge is 2.26. The van der Waals surface area contributed by atoms with Gasteiger partial charge in [0.05, 0.1) is 0 Å². The van der Waals surface area contributed by atoms with Crippen LogP contribution in [0.25, 0.3) is 0 Å². The minimum absolute atomic E-state index is 0.884. The van der Waals surface area contributed by atoms with E-state index in [0.717, 1.165) is 30.2 Å². The van der Waals surface area contributed by atoms with Crippen molar-refractivity contribution in [2.75, 3.05) is 37.6 Å². The molecule has 0 unspecified atom stereocenters. The molecule has 3 nitrogen and oxygen atoms in total. The van der Waals surface area contributed by atoms with Gasteiger partial charge in [-0.05, 0) is 30.4 Å². The minimum atomic E-state index is 0.884. The first-order chi connectivity index (χ1) is 8.85. The van der Waals surface area contributed by atoms with Crippen molar-refractivity contribution in [3.05, 3.63) is 23.9 Å². The van der Waals surface area contributed by atoms with Crippen LogP contribution >= 0.6 is 15.9 Å². The molecule has 1 aliphatic carbocycles. The Labute approximate surface area is 117 Å². The Morgan fingerprint density at radius 2 is 1.94 bits per heavy atom. The van der Waals surface area contributed by atoms with Crippen LogP contribution in [0.2, 0.25) is 0 Å². The second-order valence-corrected chi connectivity index (χ2v) is 5.95. The Hall–Kier alpha value is -0.610. The maximum Gasteiger partial charge on any atom is 0.128 e. The van der Waals surface area contributed by atoms with E-state index < -0.39 is 0 Å². The molecule has 4 heteroatoms. The van der Waals surface area contributed by atoms with Gasteiger partial charge in [0.2, 0.25) is 0 Å². The zero-order chi connectivity index (χ0) is 12.4. The van der Waals surface area contributed by atoms with Gasteiger partial charge in [0.25, 0.3) is 0 Å². The molecule has 3 rings (SSSR count). The molecular weight excluding hydrogens is 290 g/mol. The molecule has 1 aromatic rings. The lowest BCUT2D eigenvalue weighted by Crippen LogP contribution is -2.47. The second kappa shape index (κ2) is 5.57. The van der Waals surface area contributed by atoms with Crippen molar-refractivity contribution in [1.29, 1.82) is 0 Å². The van der Waals surface area contributed by atoms with Crippen LogP contribution in [-0.2, 0) is 5.33 Å². The van der Waals surface area contributed by atoms with E-state index in [9.17, 15) is 0 Å². The normalized spacial score (nSPS) is 21.3. The molecule has 1 saturated carbocycles. The Balaban J connectivity index is 1.54. The number of aromatic nitrogens is 1. The number of nitrogens with zero attached hydrogens (tertiary/aromatic N) is 3. The lowest BCUT2D eigenvalue weighted by molar-refractivity contribution is 0.247. The third kappa shape index (κ3) is 3.04. The van der Waals surface area contributed by atoms with E-state index >= 15 is 0 Å². The second-order valence-electron chi connectivity index (χ2n) is 5.39. The molecule has 98 valence electrons. The molecule has 0 spiro atoms. The maximum atomic E-state index is 4.55. The van der Waals surface area contributed by atoms with Crippen LogP contribution < -0.4 is 4.90 Å². The van der Waals surface area contributed by atoms with Gasteiger partial charge in [0.15, 0.2) is 0 Å². The van der Waals surface area contributed by atoms with E-state index in [-0.39, 0.29) is 0 Å². The molecule has 0 amide bonds. The van der Waals surface area contributed by atoms with Gasteiger partial charge < -0.3 is 4.90 Å². The van der Waals surface area contributed by atoms with Crippen LogP contribution in [0.1, 0.15) is 18.4 Å². The summed E-state index contributed by atoms with van der Waals surface area (Å²) in [6.45, 7) is 5.95. The summed E-state index contributed by atoms with van der Waals surface area (Å²) in [5.74, 6) is 2.14. The number of halogens is 1. The van der Waals surface area contributed by atoms with E-state index in [0.29, 0.717) is 0 Å². The maximum absolute atomic E-state index is 4.55. The fourth-order valence-electron chi connectivity index (χ4n) is 2.51. The Kier molecular flexibility index (Phi) is 3.85. The average molecular weight is 310 g/mol. The van der Waals surface area contributed by atoms with Gasteiger partial charge in [0.1, 0.15) is 5.82 Å². The van der Waals surface area contributed by atoms with Gasteiger partial charge in [0, 0.05) is 44.3 Å². The summed E-state index contributed by atoms with van der Waals surface area (Å²) in [5.41, 5.74) is 1.24. The fourth-order valence-corrected chi connectivity index (χ4v) is 2.84. The smallest absolute Gasteiger partial charge is 0.128 e. The Morgan fingerprint density at radius 1 is 1.17 bits per heavy atom. The van der Waals surface area contributed by atoms with Crippen molar-refractivity contribution in [2.45, 2.75) is 18.2 Å². The van der Waals surface area contributed by atoms with Crippen LogP contribution in [0.3, 0.4) is 0 Å². The molecule has 18 heavy (non-hydrogen) atoms. The van der Waals surface area contributed by atoms with Gasteiger partial charge in [-0.15, -0.1) is 0 Å². The summed E-state index contributed by atoms with van der Waals surface area (Å²) in [4.78, 5) is 9.57. The van der Waals surface area contributed by atoms with Crippen molar-refractivity contribution in [2.24, 2.45) is 5.92 Å². The molecule has 2 heterocycles. The molecule has 0 aromatic carbocycles. The van der Waals surface area contributed by atoms with E-state index in [2.05, 4.69) is 42.8 Å². The molecule has 1 saturated heterocycles. The Morgan fingerprint density at radius 3 is 2.50 bits per heavy atom. The Bertz CT molecular complexity index is 381. The van der Waals surface area contributed by atoms with Crippen molar-refractivity contribution in [1.82, 2.24) is 9.88 Å². The third-order valence-electron chi connectivity index (χ3n) is 3.87. The lowest BCUT2D eigenvalue weighted by Gasteiger charge is -2.35. The molecule has 0 N–H and O–H groups in total. The highest BCUT2D eigenvalue weighted by molar-refractivity contribution is 9.08. The zero-order valence-corrected chi connectivity index (χ0v) is 12.3. The molecule has 0 atom stereocenters. The molecule has 0 bridgehead atoms. The first kappa shape index (κ1) is 12.4. The van der Waals surface area contributed by atoms with E-state index in [1.165, 1.54) is 38.0 Å². The van der Waals surface area contributed by atoms with Crippen LogP contribution in [0.15, 0.2) is 18.3 Å². The molecule has 1 aliphatic heterocycles. The van der Waals surface area contributed by atoms with Gasteiger partial charge in [-0.3, -0.25) is 4.90 Å². The van der Waals surface area contributed by atoms with Gasteiger partial charge in [-0.25, -0.2) is 4.98 Å². The SMILES string of the molecule is BrCc1ccc(N2CCN(CC3CC3)CC2)nc1. The van der Waals surface area contributed by atoms with Crippen LogP contribution in [0.5, 0.6) is 0 Å². The summed E-state index contributed by atoms with van der Waals surface area (Å²) in [7, 11) is 0. The number of alkyl halides is 1. The molecule has 1 aromatic heterocycles. The lowest BCUT2D eigenvalue weighted by atomic mass is 10.2. The summed E-state index contributed by atoms with van der Waals surface area (Å²) in [6, 6.07) is 4.31. The van der Waals surface area contributed by atoms with E-state index in [4.69, 9.17) is 0 Å². The molecule has 0 radical (unpaired) electrons. The van der Waals surface area contributed by atoms with Gasteiger partial charge >= 0.3 is 0 Å². The monoisotopic (exact) mass is 309 g/mol.